The van der Waals surface area contributed by atoms with Crippen molar-refractivity contribution in [2.24, 2.45) is 5.73 Å². The molecule has 0 bridgehead atoms. The van der Waals surface area contributed by atoms with Crippen LogP contribution >= 0.6 is 0 Å². The second kappa shape index (κ2) is 14.4. The highest BCUT2D eigenvalue weighted by atomic mass is 16.5. The van der Waals surface area contributed by atoms with Gasteiger partial charge >= 0.3 is 0 Å². The van der Waals surface area contributed by atoms with Gasteiger partial charge in [-0.15, -0.1) is 0 Å². The summed E-state index contributed by atoms with van der Waals surface area (Å²) in [5.74, 6) is 0. The Morgan fingerprint density at radius 1 is 1.05 bits per heavy atom. The molecule has 136 valence electrons. The molecule has 0 radical (unpaired) electrons. The van der Waals surface area contributed by atoms with Gasteiger partial charge in [0, 0.05) is 39.3 Å². The highest BCUT2D eigenvalue weighted by Crippen LogP contribution is 2.07. The van der Waals surface area contributed by atoms with Crippen molar-refractivity contribution >= 4 is 0 Å². The summed E-state index contributed by atoms with van der Waals surface area (Å²) in [6, 6.07) is 0. The maximum Gasteiger partial charge on any atom is 0.102 e. The lowest BCUT2D eigenvalue weighted by atomic mass is 9.95. The number of aliphatic hydroxyl groups is 1. The first-order chi connectivity index (χ1) is 10.5. The van der Waals surface area contributed by atoms with Gasteiger partial charge in [0.25, 0.3) is 0 Å². The maximum atomic E-state index is 9.42. The van der Waals surface area contributed by atoms with Crippen LogP contribution in [0, 0.1) is 0 Å². The first-order valence-electron chi connectivity index (χ1n) is 8.75. The van der Waals surface area contributed by atoms with E-state index in [-0.39, 0.29) is 5.54 Å². The Bertz CT molecular complexity index is 208. The number of nitrogens with two attached hydrogens (primary N) is 1. The molecule has 6 nitrogen and oxygen atoms in total. The molecule has 2 aliphatic rings. The van der Waals surface area contributed by atoms with Crippen molar-refractivity contribution in [3.63, 3.8) is 0 Å². The normalized spacial score (nSPS) is 19.6. The molecule has 0 unspecified atom stereocenters. The molecule has 6 heteroatoms. The Morgan fingerprint density at radius 3 is 1.82 bits per heavy atom. The van der Waals surface area contributed by atoms with Gasteiger partial charge < -0.3 is 31.5 Å². The molecule has 0 aromatic heterocycles. The van der Waals surface area contributed by atoms with Crippen LogP contribution in [-0.2, 0) is 4.74 Å². The lowest BCUT2D eigenvalue weighted by molar-refractivity contribution is -0.00789. The Labute approximate surface area is 137 Å². The van der Waals surface area contributed by atoms with Crippen molar-refractivity contribution in [1.82, 2.24) is 16.0 Å². The van der Waals surface area contributed by atoms with Gasteiger partial charge in [-0.2, -0.15) is 0 Å². The van der Waals surface area contributed by atoms with Gasteiger partial charge in [0.15, 0.2) is 0 Å². The van der Waals surface area contributed by atoms with Crippen LogP contribution < -0.4 is 21.7 Å². The van der Waals surface area contributed by atoms with E-state index in [9.17, 15) is 5.11 Å². The lowest BCUT2D eigenvalue weighted by Crippen LogP contribution is -2.68. The van der Waals surface area contributed by atoms with Crippen LogP contribution in [0.15, 0.2) is 0 Å². The van der Waals surface area contributed by atoms with Crippen LogP contribution in [0.4, 0.5) is 0 Å². The summed E-state index contributed by atoms with van der Waals surface area (Å²) in [7, 11) is 0. The summed E-state index contributed by atoms with van der Waals surface area (Å²) in [6.07, 6.45) is 0. The summed E-state index contributed by atoms with van der Waals surface area (Å²) >= 11 is 0. The number of hydrogen-bond donors (Lipinski definition) is 5. The molecule has 2 heterocycles. The molecule has 0 aromatic carbocycles. The molecular weight excluding hydrogens is 280 g/mol. The largest absolute Gasteiger partial charge is 0.386 e. The summed E-state index contributed by atoms with van der Waals surface area (Å²) in [5, 5.41) is 18.6. The zero-order chi connectivity index (χ0) is 17.5. The first kappa shape index (κ1) is 24.0. The van der Waals surface area contributed by atoms with Crippen molar-refractivity contribution in [2.75, 3.05) is 52.5 Å². The maximum absolute atomic E-state index is 9.42. The lowest BCUT2D eigenvalue weighted by Gasteiger charge is -2.38. The van der Waals surface area contributed by atoms with Crippen LogP contribution in [0.25, 0.3) is 0 Å². The molecule has 0 atom stereocenters. The van der Waals surface area contributed by atoms with Crippen LogP contribution in [0.5, 0.6) is 0 Å². The van der Waals surface area contributed by atoms with E-state index in [0.717, 1.165) is 45.9 Å². The van der Waals surface area contributed by atoms with Crippen LogP contribution in [0.1, 0.15) is 41.5 Å². The van der Waals surface area contributed by atoms with Crippen LogP contribution in [-0.4, -0.2) is 68.7 Å². The zero-order valence-corrected chi connectivity index (χ0v) is 15.6. The molecular formula is C16H40N4O2. The monoisotopic (exact) mass is 320 g/mol. The van der Waals surface area contributed by atoms with E-state index >= 15 is 0 Å². The van der Waals surface area contributed by atoms with Gasteiger partial charge in [0.05, 0.1) is 12.1 Å². The highest BCUT2D eigenvalue weighted by molar-refractivity contribution is 4.97. The van der Waals surface area contributed by atoms with E-state index in [1.165, 1.54) is 0 Å². The number of hydrogen-bond acceptors (Lipinski definition) is 6. The molecule has 0 spiro atoms. The van der Waals surface area contributed by atoms with Crippen molar-refractivity contribution < 1.29 is 9.84 Å². The molecule has 0 aliphatic carbocycles. The number of likely N-dealkylation sites (N-methyl/N-ethyl adjacent to an activating group) is 1. The van der Waals surface area contributed by atoms with Gasteiger partial charge in [-0.25, -0.2) is 0 Å². The van der Waals surface area contributed by atoms with E-state index in [4.69, 9.17) is 10.5 Å². The third-order valence-corrected chi connectivity index (χ3v) is 3.16. The Kier molecular flexibility index (Phi) is 15.7. The van der Waals surface area contributed by atoms with Gasteiger partial charge in [0.1, 0.15) is 5.60 Å². The molecule has 22 heavy (non-hydrogen) atoms. The van der Waals surface area contributed by atoms with Gasteiger partial charge in [-0.1, -0.05) is 34.6 Å². The highest BCUT2D eigenvalue weighted by Gasteiger charge is 2.33. The Hall–Kier alpha value is -0.240. The summed E-state index contributed by atoms with van der Waals surface area (Å²) in [4.78, 5) is 0. The minimum atomic E-state index is -0.448. The fourth-order valence-corrected chi connectivity index (χ4v) is 1.75. The smallest absolute Gasteiger partial charge is 0.102 e. The van der Waals surface area contributed by atoms with Crippen LogP contribution in [0.3, 0.4) is 0 Å². The van der Waals surface area contributed by atoms with E-state index in [1.807, 2.05) is 41.5 Å². The number of rotatable bonds is 6. The Morgan fingerprint density at radius 2 is 1.55 bits per heavy atom. The fraction of sp³-hybridized carbons (Fsp3) is 1.00. The number of β-amino-alcohol motifs (C(OH)–C–C–N with tert-alkyl or cyclic N) is 1. The number of ether oxygens (including phenoxy) is 1. The first-order valence-corrected chi connectivity index (χ1v) is 8.75. The molecule has 2 aliphatic heterocycles. The van der Waals surface area contributed by atoms with Crippen LogP contribution in [0.2, 0.25) is 0 Å². The third-order valence-electron chi connectivity index (χ3n) is 3.16. The predicted molar refractivity (Wildman–Crippen MR) is 95.3 cm³/mol. The molecule has 2 fully saturated rings. The van der Waals surface area contributed by atoms with Gasteiger partial charge in [0.2, 0.25) is 0 Å². The number of nitrogens with one attached hydrogen (secondary N) is 3. The second-order valence-electron chi connectivity index (χ2n) is 5.21. The summed E-state index contributed by atoms with van der Waals surface area (Å²) < 4.78 is 5.18. The van der Waals surface area contributed by atoms with E-state index < -0.39 is 5.60 Å². The average Bonchev–Trinajstić information content (AvgIpc) is 2.52. The van der Waals surface area contributed by atoms with Gasteiger partial charge in [-0.05, 0) is 13.5 Å². The van der Waals surface area contributed by atoms with E-state index in [1.54, 1.807) is 0 Å². The van der Waals surface area contributed by atoms with Crippen molar-refractivity contribution in [3.05, 3.63) is 0 Å². The van der Waals surface area contributed by atoms with Crippen molar-refractivity contribution in [2.45, 2.75) is 52.7 Å². The molecule has 0 amide bonds. The average molecular weight is 321 g/mol. The molecule has 0 aromatic rings. The molecule has 6 N–H and O–H groups in total. The van der Waals surface area contributed by atoms with E-state index in [0.29, 0.717) is 6.61 Å². The standard InChI is InChI=1S/2C6H14N2O.2C2H6/c1-2-9-5-6(7)3-8-4-6;1-2-7-3-6(9)4-8-5-6;2*1-2/h8H,2-5,7H2,1H3;7-9H,2-5H2,1H3;2*1-2H3. The van der Waals surface area contributed by atoms with E-state index in [2.05, 4.69) is 16.0 Å². The summed E-state index contributed by atoms with van der Waals surface area (Å²) in [5.41, 5.74) is 5.29. The zero-order valence-electron chi connectivity index (χ0n) is 15.6. The predicted octanol–water partition coefficient (Wildman–Crippen LogP) is 0.306. The van der Waals surface area contributed by atoms with Gasteiger partial charge in [-0.3, -0.25) is 0 Å². The second-order valence-corrected chi connectivity index (χ2v) is 5.21. The quantitative estimate of drug-likeness (QED) is 0.484. The molecule has 2 rings (SSSR count). The third kappa shape index (κ3) is 10.5. The SMILES string of the molecule is CC.CC.CCNCC1(O)CNC1.CCOCC1(N)CNC1. The minimum Gasteiger partial charge on any atom is -0.386 e. The summed E-state index contributed by atoms with van der Waals surface area (Å²) in [6.45, 7) is 18.4. The fourth-order valence-electron chi connectivity index (χ4n) is 1.75. The topological polar surface area (TPSA) is 91.6 Å². The molecule has 2 saturated heterocycles. The Balaban J connectivity index is 0. The minimum absolute atomic E-state index is 0.0595. The van der Waals surface area contributed by atoms with Crippen molar-refractivity contribution in [3.8, 4) is 0 Å². The van der Waals surface area contributed by atoms with Crippen molar-refractivity contribution in [1.29, 1.82) is 0 Å². The molecule has 0 saturated carbocycles.